The summed E-state index contributed by atoms with van der Waals surface area (Å²) in [6, 6.07) is 5.27. The van der Waals surface area contributed by atoms with E-state index < -0.39 is 5.41 Å². The molecule has 2 amide bonds. The number of rotatable bonds is 4. The molecule has 0 radical (unpaired) electrons. The largest absolute Gasteiger partial charge is 0.396 e. The number of amides is 2. The van der Waals surface area contributed by atoms with Crippen LogP contribution in [0.5, 0.6) is 0 Å². The summed E-state index contributed by atoms with van der Waals surface area (Å²) in [4.78, 5) is 33.9. The smallest absolute Gasteiger partial charge is 0.272 e. The van der Waals surface area contributed by atoms with Gasteiger partial charge in [-0.25, -0.2) is 4.98 Å². The van der Waals surface area contributed by atoms with Crippen LogP contribution < -0.4 is 0 Å². The SMILES string of the molecule is O=C(c1cccc(-n2cnnc2)n1)N1CC2CN(C(=O)C3CCC3)CC2(CO)C1. The zero-order chi connectivity index (χ0) is 20.0. The molecule has 2 saturated heterocycles. The summed E-state index contributed by atoms with van der Waals surface area (Å²) >= 11 is 0. The number of aromatic nitrogens is 4. The summed E-state index contributed by atoms with van der Waals surface area (Å²) in [6.07, 6.45) is 6.15. The normalized spacial score (nSPS) is 26.4. The number of hydrogen-bond donors (Lipinski definition) is 1. The first kappa shape index (κ1) is 18.2. The number of aliphatic hydroxyl groups is 1. The van der Waals surface area contributed by atoms with Crippen molar-refractivity contribution in [2.75, 3.05) is 32.8 Å². The quantitative estimate of drug-likeness (QED) is 0.800. The molecule has 152 valence electrons. The lowest BCUT2D eigenvalue weighted by Crippen LogP contribution is -2.43. The van der Waals surface area contributed by atoms with Gasteiger partial charge in [0.2, 0.25) is 5.91 Å². The van der Waals surface area contributed by atoms with Crippen molar-refractivity contribution in [2.24, 2.45) is 17.3 Å². The molecule has 9 nitrogen and oxygen atoms in total. The van der Waals surface area contributed by atoms with E-state index in [1.807, 2.05) is 4.90 Å². The molecule has 2 aromatic heterocycles. The topological polar surface area (TPSA) is 104 Å². The molecule has 2 aliphatic heterocycles. The number of pyridine rings is 1. The second-order valence-electron chi connectivity index (χ2n) is 8.50. The van der Waals surface area contributed by atoms with E-state index in [1.165, 1.54) is 12.7 Å². The Morgan fingerprint density at radius 2 is 1.83 bits per heavy atom. The summed E-state index contributed by atoms with van der Waals surface area (Å²) < 4.78 is 1.65. The zero-order valence-corrected chi connectivity index (χ0v) is 16.1. The van der Waals surface area contributed by atoms with Crippen molar-refractivity contribution >= 4 is 11.8 Å². The summed E-state index contributed by atoms with van der Waals surface area (Å²) in [7, 11) is 0. The molecule has 0 spiro atoms. The van der Waals surface area contributed by atoms with Gasteiger partial charge in [0.1, 0.15) is 24.2 Å². The first-order valence-corrected chi connectivity index (χ1v) is 10.1. The minimum absolute atomic E-state index is 0.0237. The first-order chi connectivity index (χ1) is 14.1. The van der Waals surface area contributed by atoms with Gasteiger partial charge in [-0.1, -0.05) is 12.5 Å². The molecule has 1 saturated carbocycles. The molecule has 0 aromatic carbocycles. The van der Waals surface area contributed by atoms with Gasteiger partial charge in [-0.3, -0.25) is 14.2 Å². The van der Waals surface area contributed by atoms with Crippen molar-refractivity contribution < 1.29 is 14.7 Å². The molecule has 1 aliphatic carbocycles. The van der Waals surface area contributed by atoms with Gasteiger partial charge in [0.05, 0.1) is 6.61 Å². The predicted molar refractivity (Wildman–Crippen MR) is 102 cm³/mol. The van der Waals surface area contributed by atoms with E-state index in [9.17, 15) is 14.7 Å². The van der Waals surface area contributed by atoms with Crippen LogP contribution in [-0.2, 0) is 4.79 Å². The van der Waals surface area contributed by atoms with Gasteiger partial charge < -0.3 is 14.9 Å². The van der Waals surface area contributed by atoms with Crippen molar-refractivity contribution in [3.05, 3.63) is 36.5 Å². The van der Waals surface area contributed by atoms with E-state index in [0.717, 1.165) is 19.3 Å². The summed E-state index contributed by atoms with van der Waals surface area (Å²) in [5, 5.41) is 17.7. The van der Waals surface area contributed by atoms with Crippen LogP contribution in [-0.4, -0.2) is 79.3 Å². The third-order valence-electron chi connectivity index (χ3n) is 6.76. The molecule has 0 bridgehead atoms. The third-order valence-corrected chi connectivity index (χ3v) is 6.76. The number of hydrogen-bond acceptors (Lipinski definition) is 6. The fraction of sp³-hybridized carbons (Fsp3) is 0.550. The average Bonchev–Trinajstić information content (AvgIpc) is 3.40. The first-order valence-electron chi connectivity index (χ1n) is 10.1. The Morgan fingerprint density at radius 3 is 2.48 bits per heavy atom. The summed E-state index contributed by atoms with van der Waals surface area (Å²) in [5.74, 6) is 0.904. The van der Waals surface area contributed by atoms with E-state index in [0.29, 0.717) is 37.7 Å². The Bertz CT molecular complexity index is 928. The Labute approximate surface area is 168 Å². The molecule has 4 heterocycles. The van der Waals surface area contributed by atoms with Crippen molar-refractivity contribution in [3.63, 3.8) is 0 Å². The van der Waals surface area contributed by atoms with Crippen molar-refractivity contribution in [1.29, 1.82) is 0 Å². The van der Waals surface area contributed by atoms with Crippen LogP contribution in [0.2, 0.25) is 0 Å². The van der Waals surface area contributed by atoms with Crippen LogP contribution in [0.15, 0.2) is 30.9 Å². The predicted octanol–water partition coefficient (Wildman–Crippen LogP) is 0.355. The molecule has 1 N–H and O–H groups in total. The van der Waals surface area contributed by atoms with Crippen LogP contribution in [0.1, 0.15) is 29.8 Å². The number of carbonyl (C=O) groups excluding carboxylic acids is 2. The van der Waals surface area contributed by atoms with Crippen LogP contribution in [0.25, 0.3) is 5.82 Å². The standard InChI is InChI=1S/C20H24N6O3/c27-11-20-9-24(18(28)14-3-1-4-14)7-15(20)8-25(10-20)19(29)16-5-2-6-17(23-16)26-12-21-22-13-26/h2,5-6,12-15,27H,1,3-4,7-11H2. The number of aliphatic hydroxyl groups excluding tert-OH is 1. The van der Waals surface area contributed by atoms with E-state index in [-0.39, 0.29) is 30.3 Å². The minimum Gasteiger partial charge on any atom is -0.396 e. The molecule has 3 fully saturated rings. The van der Waals surface area contributed by atoms with Gasteiger partial charge in [-0.05, 0) is 25.0 Å². The Kier molecular flexibility index (Phi) is 4.34. The van der Waals surface area contributed by atoms with Crippen molar-refractivity contribution in [3.8, 4) is 5.82 Å². The molecular weight excluding hydrogens is 372 g/mol. The van der Waals surface area contributed by atoms with Gasteiger partial charge >= 0.3 is 0 Å². The van der Waals surface area contributed by atoms with Gasteiger partial charge in [0, 0.05) is 43.4 Å². The van der Waals surface area contributed by atoms with Gasteiger partial charge in [0.25, 0.3) is 5.91 Å². The van der Waals surface area contributed by atoms with Crippen LogP contribution in [0.4, 0.5) is 0 Å². The monoisotopic (exact) mass is 396 g/mol. The van der Waals surface area contributed by atoms with Gasteiger partial charge in [0.15, 0.2) is 0 Å². The lowest BCUT2D eigenvalue weighted by Gasteiger charge is -2.31. The molecular formula is C20H24N6O3. The molecule has 2 unspecified atom stereocenters. The van der Waals surface area contributed by atoms with E-state index >= 15 is 0 Å². The minimum atomic E-state index is -0.430. The second-order valence-corrected chi connectivity index (χ2v) is 8.50. The van der Waals surface area contributed by atoms with Crippen molar-refractivity contribution in [1.82, 2.24) is 29.5 Å². The van der Waals surface area contributed by atoms with Gasteiger partial charge in [-0.2, -0.15) is 0 Å². The molecule has 5 rings (SSSR count). The maximum atomic E-state index is 13.1. The van der Waals surface area contributed by atoms with Crippen LogP contribution in [0.3, 0.4) is 0 Å². The fourth-order valence-electron chi connectivity index (χ4n) is 4.81. The molecule has 2 atom stereocenters. The van der Waals surface area contributed by atoms with E-state index in [1.54, 1.807) is 27.7 Å². The second kappa shape index (κ2) is 6.91. The number of likely N-dealkylation sites (tertiary alicyclic amines) is 2. The molecule has 9 heteroatoms. The Hall–Kier alpha value is -2.81. The highest BCUT2D eigenvalue weighted by Crippen LogP contribution is 2.44. The lowest BCUT2D eigenvalue weighted by atomic mass is 9.82. The van der Waals surface area contributed by atoms with Crippen molar-refractivity contribution in [2.45, 2.75) is 19.3 Å². The summed E-state index contributed by atoms with van der Waals surface area (Å²) in [5.41, 5.74) is -0.0762. The van der Waals surface area contributed by atoms with Crippen LogP contribution >= 0.6 is 0 Å². The Balaban J connectivity index is 1.31. The van der Waals surface area contributed by atoms with E-state index in [2.05, 4.69) is 15.2 Å². The maximum Gasteiger partial charge on any atom is 0.272 e. The number of fused-ring (bicyclic) bond motifs is 1. The molecule has 29 heavy (non-hydrogen) atoms. The van der Waals surface area contributed by atoms with E-state index in [4.69, 9.17) is 0 Å². The number of nitrogens with zero attached hydrogens (tertiary/aromatic N) is 6. The summed E-state index contributed by atoms with van der Waals surface area (Å²) in [6.45, 7) is 2.10. The average molecular weight is 396 g/mol. The fourth-order valence-corrected chi connectivity index (χ4v) is 4.81. The molecule has 3 aliphatic rings. The maximum absolute atomic E-state index is 13.1. The van der Waals surface area contributed by atoms with Gasteiger partial charge in [-0.15, -0.1) is 10.2 Å². The molecule has 2 aromatic rings. The highest BCUT2D eigenvalue weighted by atomic mass is 16.3. The zero-order valence-electron chi connectivity index (χ0n) is 16.1. The highest BCUT2D eigenvalue weighted by molar-refractivity contribution is 5.93. The van der Waals surface area contributed by atoms with Crippen LogP contribution in [0, 0.1) is 17.3 Å². The third kappa shape index (κ3) is 3.00. The Morgan fingerprint density at radius 1 is 1.10 bits per heavy atom. The highest BCUT2D eigenvalue weighted by Gasteiger charge is 2.55. The lowest BCUT2D eigenvalue weighted by molar-refractivity contribution is -0.137. The number of carbonyl (C=O) groups is 2.